The van der Waals surface area contributed by atoms with Crippen LogP contribution in [0.15, 0.2) is 60.5 Å². The van der Waals surface area contributed by atoms with Crippen molar-refractivity contribution in [3.63, 3.8) is 0 Å². The number of fused-ring (bicyclic) bond motifs is 1. The number of allylic oxidation sites excluding steroid dienone is 2. The summed E-state index contributed by atoms with van der Waals surface area (Å²) in [6.07, 6.45) is 3.54. The Kier molecular flexibility index (Phi) is 12.1. The Bertz CT molecular complexity index is 2090. The second-order valence-corrected chi connectivity index (χ2v) is 18.5. The lowest BCUT2D eigenvalue weighted by molar-refractivity contribution is -0.141. The molecule has 1 aromatic carbocycles. The molecule has 0 bridgehead atoms. The third kappa shape index (κ3) is 10.3. The Morgan fingerprint density at radius 1 is 1.11 bits per heavy atom. The van der Waals surface area contributed by atoms with E-state index >= 15 is 0 Å². The van der Waals surface area contributed by atoms with Crippen LogP contribution in [0.2, 0.25) is 0 Å². The second-order valence-electron chi connectivity index (χ2n) is 16.5. The van der Waals surface area contributed by atoms with Gasteiger partial charge in [0, 0.05) is 36.4 Å². The summed E-state index contributed by atoms with van der Waals surface area (Å²) in [5, 5.41) is 6.01. The Labute approximate surface area is 327 Å². The summed E-state index contributed by atoms with van der Waals surface area (Å²) in [7, 11) is -2.41. The molecule has 2 heterocycles. The zero-order valence-electron chi connectivity index (χ0n) is 32.9. The topological polar surface area (TPSA) is 199 Å². The molecule has 3 fully saturated rings. The standard InChI is InChI=1S/C40H51N5O10S/c1-9-25-22-40(25,36(49)44-56(51,52)29-12-13-29)43-33(47)32-21-28(54-34-30-14-11-27(53-8)20-24(30)17-19-41-34)23-45(32)35(48)31(42-37(50)55-39(5,6)7)15-10-26(46)16-18-38(2,3)4/h11,14,16-20,28-29,31-32H,1,10,12-13,15,21-23H2,2-8H3,(H,42,50)(H,43,47)(H,44,49). The molecule has 4 amide bonds. The molecule has 3 N–H and O–H groups in total. The van der Waals surface area contributed by atoms with Gasteiger partial charge < -0.3 is 29.7 Å². The van der Waals surface area contributed by atoms with E-state index in [2.05, 4.69) is 32.6 Å². The number of ether oxygens (including phenoxy) is 3. The molecular formula is C40H51N5O10S. The molecular weight excluding hydrogens is 743 g/mol. The number of alkyl carbamates (subject to hydrolysis) is 1. The number of methoxy groups -OCH3 is 1. The van der Waals surface area contributed by atoms with Crippen molar-refractivity contribution in [1.29, 1.82) is 0 Å². The molecule has 56 heavy (non-hydrogen) atoms. The minimum absolute atomic E-state index is 0.0364. The van der Waals surface area contributed by atoms with E-state index in [0.717, 1.165) is 5.39 Å². The fourth-order valence-corrected chi connectivity index (χ4v) is 7.66. The van der Waals surface area contributed by atoms with Crippen LogP contribution < -0.4 is 24.8 Å². The van der Waals surface area contributed by atoms with Crippen molar-refractivity contribution in [1.82, 2.24) is 25.2 Å². The minimum Gasteiger partial charge on any atom is -0.497 e. The lowest BCUT2D eigenvalue weighted by atomic mass is 9.95. The maximum atomic E-state index is 14.6. The van der Waals surface area contributed by atoms with Gasteiger partial charge in [-0.15, -0.1) is 5.73 Å². The first kappa shape index (κ1) is 41.9. The van der Waals surface area contributed by atoms with Crippen LogP contribution in [0.5, 0.6) is 11.6 Å². The summed E-state index contributed by atoms with van der Waals surface area (Å²) in [5.41, 5.74) is -0.0261. The first-order valence-electron chi connectivity index (χ1n) is 18.5. The number of hydrogen-bond acceptors (Lipinski definition) is 11. The molecule has 0 spiro atoms. The summed E-state index contributed by atoms with van der Waals surface area (Å²) in [5.74, 6) is -1.83. The van der Waals surface area contributed by atoms with Gasteiger partial charge in [-0.2, -0.15) is 0 Å². The predicted octanol–water partition coefficient (Wildman–Crippen LogP) is 4.02. The number of benzene rings is 1. The highest BCUT2D eigenvalue weighted by Gasteiger charge is 2.60. The molecule has 4 atom stereocenters. The van der Waals surface area contributed by atoms with Crippen molar-refractivity contribution >= 4 is 50.4 Å². The highest BCUT2D eigenvalue weighted by atomic mass is 32.2. The molecule has 2 saturated carbocycles. The Balaban J connectivity index is 1.45. The van der Waals surface area contributed by atoms with Gasteiger partial charge in [0.25, 0.3) is 5.91 Å². The van der Waals surface area contributed by atoms with Gasteiger partial charge in [-0.3, -0.25) is 23.9 Å². The van der Waals surface area contributed by atoms with Gasteiger partial charge in [0.2, 0.25) is 27.7 Å². The van der Waals surface area contributed by atoms with E-state index in [1.165, 1.54) is 11.0 Å². The number of ketones is 1. The Morgan fingerprint density at radius 3 is 2.43 bits per heavy atom. The van der Waals surface area contributed by atoms with E-state index in [9.17, 15) is 32.4 Å². The number of amides is 4. The summed E-state index contributed by atoms with van der Waals surface area (Å²) < 4.78 is 44.7. The predicted molar refractivity (Wildman–Crippen MR) is 207 cm³/mol. The highest BCUT2D eigenvalue weighted by molar-refractivity contribution is 7.91. The van der Waals surface area contributed by atoms with E-state index in [4.69, 9.17) is 14.2 Å². The minimum atomic E-state index is -3.96. The molecule has 2 aromatic rings. The van der Waals surface area contributed by atoms with Crippen LogP contribution in [-0.2, 0) is 33.9 Å². The van der Waals surface area contributed by atoms with Gasteiger partial charge in [-0.05, 0) is 81.2 Å². The third-order valence-electron chi connectivity index (χ3n) is 9.47. The lowest BCUT2D eigenvalue weighted by Crippen LogP contribution is -2.58. The van der Waals surface area contributed by atoms with Crippen LogP contribution >= 0.6 is 0 Å². The molecule has 1 aliphatic heterocycles. The molecule has 1 saturated heterocycles. The van der Waals surface area contributed by atoms with Gasteiger partial charge in [0.15, 0.2) is 11.3 Å². The number of nitrogens with one attached hydrogen (secondary N) is 3. The van der Waals surface area contributed by atoms with Crippen molar-refractivity contribution in [2.24, 2.45) is 5.41 Å². The van der Waals surface area contributed by atoms with E-state index < -0.39 is 68.4 Å². The number of hydrogen-bond donors (Lipinski definition) is 3. The molecule has 3 aliphatic rings. The fourth-order valence-electron chi connectivity index (χ4n) is 6.30. The van der Waals surface area contributed by atoms with E-state index in [1.807, 2.05) is 26.8 Å². The number of aromatic nitrogens is 1. The number of carbonyl (C=O) groups excluding carboxylic acids is 5. The maximum Gasteiger partial charge on any atom is 0.408 e. The first-order chi connectivity index (χ1) is 26.1. The zero-order valence-corrected chi connectivity index (χ0v) is 33.7. The first-order valence-corrected chi connectivity index (χ1v) is 20.1. The van der Waals surface area contributed by atoms with Crippen molar-refractivity contribution in [2.75, 3.05) is 13.7 Å². The Morgan fingerprint density at radius 2 is 1.82 bits per heavy atom. The van der Waals surface area contributed by atoms with Crippen LogP contribution in [0.3, 0.4) is 0 Å². The Hall–Kier alpha value is -5.21. The van der Waals surface area contributed by atoms with Crippen LogP contribution in [0.1, 0.15) is 80.1 Å². The SMILES string of the molecule is C=C=C1CC1(NC(=O)C1CC(Oc2nccc3cc(OC)ccc23)CN1C(=O)C(CCC(=O)C=CC(C)(C)C)NC(=O)OC(C)(C)C)C(=O)NS(=O)(=O)C1CC1. The average Bonchev–Trinajstić information content (AvgIpc) is 4.04. The van der Waals surface area contributed by atoms with Gasteiger partial charge in [-0.1, -0.05) is 33.4 Å². The number of pyridine rings is 1. The van der Waals surface area contributed by atoms with E-state index in [1.54, 1.807) is 58.4 Å². The van der Waals surface area contributed by atoms with Crippen LogP contribution in [0, 0.1) is 5.41 Å². The summed E-state index contributed by atoms with van der Waals surface area (Å²) in [4.78, 5) is 73.9. The summed E-state index contributed by atoms with van der Waals surface area (Å²) in [6, 6.07) is 4.54. The van der Waals surface area contributed by atoms with Crippen LogP contribution in [0.4, 0.5) is 4.79 Å². The maximum absolute atomic E-state index is 14.6. The lowest BCUT2D eigenvalue weighted by Gasteiger charge is -2.30. The smallest absolute Gasteiger partial charge is 0.408 e. The zero-order chi connectivity index (χ0) is 41.2. The fraction of sp³-hybridized carbons (Fsp3) is 0.525. The molecule has 1 aromatic heterocycles. The quantitative estimate of drug-likeness (QED) is 0.185. The van der Waals surface area contributed by atoms with Gasteiger partial charge >= 0.3 is 6.09 Å². The largest absolute Gasteiger partial charge is 0.497 e. The number of sulfonamides is 1. The highest BCUT2D eigenvalue weighted by Crippen LogP contribution is 2.43. The summed E-state index contributed by atoms with van der Waals surface area (Å²) in [6.45, 7) is 14.2. The number of carbonyl (C=O) groups is 5. The molecule has 0 radical (unpaired) electrons. The van der Waals surface area contributed by atoms with Crippen molar-refractivity contribution in [2.45, 2.75) is 115 Å². The number of rotatable bonds is 14. The van der Waals surface area contributed by atoms with Crippen molar-refractivity contribution in [3.8, 4) is 11.6 Å². The monoisotopic (exact) mass is 793 g/mol. The molecule has 16 heteroatoms. The molecule has 15 nitrogen and oxygen atoms in total. The molecule has 302 valence electrons. The van der Waals surface area contributed by atoms with Crippen LogP contribution in [-0.4, -0.2) is 96.1 Å². The summed E-state index contributed by atoms with van der Waals surface area (Å²) >= 11 is 0. The van der Waals surface area contributed by atoms with E-state index in [-0.39, 0.29) is 54.9 Å². The molecule has 4 unspecified atom stereocenters. The van der Waals surface area contributed by atoms with E-state index in [0.29, 0.717) is 24.0 Å². The van der Waals surface area contributed by atoms with Crippen LogP contribution in [0.25, 0.3) is 10.8 Å². The van der Waals surface area contributed by atoms with Crippen molar-refractivity contribution < 1.29 is 46.6 Å². The molecule has 5 rings (SSSR count). The van der Waals surface area contributed by atoms with Gasteiger partial charge in [-0.25, -0.2) is 18.2 Å². The normalized spacial score (nSPS) is 21.6. The number of likely N-dealkylation sites (tertiary alicyclic amines) is 1. The number of nitrogens with zero attached hydrogens (tertiary/aromatic N) is 2. The molecule has 2 aliphatic carbocycles. The van der Waals surface area contributed by atoms with Gasteiger partial charge in [0.05, 0.1) is 18.9 Å². The van der Waals surface area contributed by atoms with Crippen molar-refractivity contribution in [3.05, 3.63) is 60.5 Å². The average molecular weight is 794 g/mol. The van der Waals surface area contributed by atoms with Gasteiger partial charge in [0.1, 0.15) is 29.5 Å². The third-order valence-corrected chi connectivity index (χ3v) is 11.3. The second kappa shape index (κ2) is 16.1.